The van der Waals surface area contributed by atoms with E-state index in [0.29, 0.717) is 6.61 Å². The first-order valence-corrected chi connectivity index (χ1v) is 9.08. The highest BCUT2D eigenvalue weighted by Gasteiger charge is 2.25. The third-order valence-electron chi connectivity index (χ3n) is 4.37. The lowest BCUT2D eigenvalue weighted by Crippen LogP contribution is -2.48. The normalized spacial score (nSPS) is 18.7. The van der Waals surface area contributed by atoms with Gasteiger partial charge in [0.25, 0.3) is 0 Å². The van der Waals surface area contributed by atoms with Crippen molar-refractivity contribution in [2.24, 2.45) is 4.99 Å². The van der Waals surface area contributed by atoms with E-state index in [9.17, 15) is 0 Å². The first-order valence-electron chi connectivity index (χ1n) is 8.20. The van der Waals surface area contributed by atoms with E-state index in [-0.39, 0.29) is 6.10 Å². The molecule has 0 radical (unpaired) electrons. The number of aryl methyl sites for hydroxylation is 2. The number of guanidine groups is 1. The van der Waals surface area contributed by atoms with Crippen molar-refractivity contribution in [3.63, 3.8) is 0 Å². The largest absolute Gasteiger partial charge is 0.370 e. The second-order valence-electron chi connectivity index (χ2n) is 5.92. The molecule has 0 amide bonds. The minimum atomic E-state index is 0.0867. The highest BCUT2D eigenvalue weighted by Crippen LogP contribution is 2.25. The summed E-state index contributed by atoms with van der Waals surface area (Å²) in [6.07, 6.45) is 0.0867. The van der Waals surface area contributed by atoms with E-state index >= 15 is 0 Å². The number of benzene rings is 1. The fourth-order valence-electron chi connectivity index (χ4n) is 2.97. The second-order valence-corrected chi connectivity index (χ2v) is 6.86. The summed E-state index contributed by atoms with van der Waals surface area (Å²) >= 11 is 1.68. The maximum absolute atomic E-state index is 6.01. The lowest BCUT2D eigenvalue weighted by atomic mass is 10.0. The van der Waals surface area contributed by atoms with Gasteiger partial charge in [0.1, 0.15) is 6.10 Å². The van der Waals surface area contributed by atoms with Crippen molar-refractivity contribution in [3.05, 3.63) is 51.5 Å². The SMILES string of the molecule is CN=C(NCc1scnc1C)N1CCOC(c2ccccc2C)C1. The molecule has 1 saturated heterocycles. The predicted molar refractivity (Wildman–Crippen MR) is 98.5 cm³/mol. The zero-order valence-corrected chi connectivity index (χ0v) is 15.3. The highest BCUT2D eigenvalue weighted by molar-refractivity contribution is 7.09. The number of rotatable bonds is 3. The summed E-state index contributed by atoms with van der Waals surface area (Å²) in [4.78, 5) is 12.3. The van der Waals surface area contributed by atoms with Gasteiger partial charge in [0, 0.05) is 18.5 Å². The third-order valence-corrected chi connectivity index (χ3v) is 5.30. The van der Waals surface area contributed by atoms with Crippen LogP contribution in [0.2, 0.25) is 0 Å². The summed E-state index contributed by atoms with van der Waals surface area (Å²) in [6, 6.07) is 8.43. The van der Waals surface area contributed by atoms with Crippen LogP contribution in [-0.2, 0) is 11.3 Å². The van der Waals surface area contributed by atoms with Crippen LogP contribution in [-0.4, -0.2) is 42.6 Å². The average Bonchev–Trinajstić information content (AvgIpc) is 3.01. The van der Waals surface area contributed by atoms with Gasteiger partial charge in [0.05, 0.1) is 30.9 Å². The number of aromatic nitrogens is 1. The van der Waals surface area contributed by atoms with E-state index in [4.69, 9.17) is 4.74 Å². The summed E-state index contributed by atoms with van der Waals surface area (Å²) in [6.45, 7) is 7.31. The Kier molecular flexibility index (Phi) is 5.48. The van der Waals surface area contributed by atoms with Crippen molar-refractivity contribution in [2.75, 3.05) is 26.7 Å². The van der Waals surface area contributed by atoms with Crippen molar-refractivity contribution in [1.29, 1.82) is 0 Å². The number of aliphatic imine (C=N–C) groups is 1. The minimum absolute atomic E-state index is 0.0867. The number of nitrogens with one attached hydrogen (secondary N) is 1. The van der Waals surface area contributed by atoms with Gasteiger partial charge in [-0.3, -0.25) is 4.99 Å². The maximum Gasteiger partial charge on any atom is 0.194 e. The van der Waals surface area contributed by atoms with Gasteiger partial charge in [-0.05, 0) is 25.0 Å². The van der Waals surface area contributed by atoms with Crippen LogP contribution in [0, 0.1) is 13.8 Å². The highest BCUT2D eigenvalue weighted by atomic mass is 32.1. The molecule has 128 valence electrons. The molecule has 1 atom stereocenters. The predicted octanol–water partition coefficient (Wildman–Crippen LogP) is 2.91. The molecule has 1 N–H and O–H groups in total. The Labute approximate surface area is 147 Å². The first-order chi connectivity index (χ1) is 11.7. The molecular weight excluding hydrogens is 320 g/mol. The van der Waals surface area contributed by atoms with Gasteiger partial charge in [-0.1, -0.05) is 24.3 Å². The summed E-state index contributed by atoms with van der Waals surface area (Å²) in [5, 5.41) is 3.46. The van der Waals surface area contributed by atoms with E-state index < -0.39 is 0 Å². The van der Waals surface area contributed by atoms with Gasteiger partial charge in [-0.15, -0.1) is 11.3 Å². The molecule has 1 fully saturated rings. The van der Waals surface area contributed by atoms with E-state index in [0.717, 1.165) is 31.3 Å². The van der Waals surface area contributed by atoms with Crippen LogP contribution >= 0.6 is 11.3 Å². The zero-order chi connectivity index (χ0) is 16.9. The van der Waals surface area contributed by atoms with E-state index in [1.165, 1.54) is 16.0 Å². The Morgan fingerprint density at radius 3 is 2.96 bits per heavy atom. The molecule has 3 rings (SSSR count). The quantitative estimate of drug-likeness (QED) is 0.687. The number of hydrogen-bond donors (Lipinski definition) is 1. The summed E-state index contributed by atoms with van der Waals surface area (Å²) in [5.74, 6) is 0.921. The monoisotopic (exact) mass is 344 g/mol. The van der Waals surface area contributed by atoms with Crippen LogP contribution in [0.5, 0.6) is 0 Å². The van der Waals surface area contributed by atoms with Crippen molar-refractivity contribution < 1.29 is 4.74 Å². The second kappa shape index (κ2) is 7.77. The Bertz CT molecular complexity index is 713. The van der Waals surface area contributed by atoms with Gasteiger partial charge < -0.3 is 15.0 Å². The average molecular weight is 344 g/mol. The Balaban J connectivity index is 1.66. The van der Waals surface area contributed by atoms with Crippen molar-refractivity contribution >= 4 is 17.3 Å². The molecule has 24 heavy (non-hydrogen) atoms. The molecule has 1 aliphatic rings. The van der Waals surface area contributed by atoms with Crippen molar-refractivity contribution in [1.82, 2.24) is 15.2 Å². The van der Waals surface area contributed by atoms with Gasteiger partial charge in [-0.2, -0.15) is 0 Å². The third kappa shape index (κ3) is 3.76. The van der Waals surface area contributed by atoms with Crippen LogP contribution in [0.4, 0.5) is 0 Å². The van der Waals surface area contributed by atoms with Crippen LogP contribution in [0.25, 0.3) is 0 Å². The molecule has 5 nitrogen and oxygen atoms in total. The van der Waals surface area contributed by atoms with Gasteiger partial charge >= 0.3 is 0 Å². The summed E-state index contributed by atoms with van der Waals surface area (Å²) in [5.41, 5.74) is 5.50. The van der Waals surface area contributed by atoms with Gasteiger partial charge in [-0.25, -0.2) is 4.98 Å². The molecule has 0 saturated carbocycles. The molecule has 0 bridgehead atoms. The Hall–Kier alpha value is -1.92. The molecular formula is C18H24N4OS. The van der Waals surface area contributed by atoms with E-state index in [1.54, 1.807) is 11.3 Å². The number of thiazole rings is 1. The smallest absolute Gasteiger partial charge is 0.194 e. The summed E-state index contributed by atoms with van der Waals surface area (Å²) in [7, 11) is 1.83. The molecule has 0 spiro atoms. The maximum atomic E-state index is 6.01. The zero-order valence-electron chi connectivity index (χ0n) is 14.5. The lowest BCUT2D eigenvalue weighted by molar-refractivity contribution is -0.00833. The molecule has 1 aromatic carbocycles. The van der Waals surface area contributed by atoms with Crippen LogP contribution in [0.3, 0.4) is 0 Å². The molecule has 6 heteroatoms. The minimum Gasteiger partial charge on any atom is -0.370 e. The Morgan fingerprint density at radius 2 is 2.25 bits per heavy atom. The fourth-order valence-corrected chi connectivity index (χ4v) is 3.68. The standard InChI is InChI=1S/C18H24N4OS/c1-13-6-4-5-7-15(13)16-11-22(8-9-23-16)18(19-3)20-10-17-14(2)21-12-24-17/h4-7,12,16H,8-11H2,1-3H3,(H,19,20). The van der Waals surface area contributed by atoms with E-state index in [2.05, 4.69) is 51.4 Å². The molecule has 2 heterocycles. The number of morpholine rings is 1. The fraction of sp³-hybridized carbons (Fsp3) is 0.444. The number of hydrogen-bond acceptors (Lipinski definition) is 4. The van der Waals surface area contributed by atoms with Crippen molar-refractivity contribution in [3.8, 4) is 0 Å². The molecule has 2 aromatic rings. The number of nitrogens with zero attached hydrogens (tertiary/aromatic N) is 3. The van der Waals surface area contributed by atoms with Crippen LogP contribution in [0.1, 0.15) is 27.8 Å². The molecule has 1 aliphatic heterocycles. The number of ether oxygens (including phenoxy) is 1. The molecule has 1 aromatic heterocycles. The van der Waals surface area contributed by atoms with Crippen LogP contribution < -0.4 is 5.32 Å². The van der Waals surface area contributed by atoms with Gasteiger partial charge in [0.2, 0.25) is 0 Å². The first kappa shape index (κ1) is 16.9. The Morgan fingerprint density at radius 1 is 1.42 bits per heavy atom. The lowest BCUT2D eigenvalue weighted by Gasteiger charge is -2.35. The summed E-state index contributed by atoms with van der Waals surface area (Å²) < 4.78 is 6.01. The van der Waals surface area contributed by atoms with Crippen molar-refractivity contribution in [2.45, 2.75) is 26.5 Å². The van der Waals surface area contributed by atoms with Gasteiger partial charge in [0.15, 0.2) is 5.96 Å². The molecule has 1 unspecified atom stereocenters. The van der Waals surface area contributed by atoms with E-state index in [1.807, 2.05) is 19.5 Å². The van der Waals surface area contributed by atoms with Crippen LogP contribution in [0.15, 0.2) is 34.8 Å². The molecule has 0 aliphatic carbocycles. The topological polar surface area (TPSA) is 49.8 Å².